The lowest BCUT2D eigenvalue weighted by atomic mass is 9.83. The van der Waals surface area contributed by atoms with Crippen LogP contribution < -0.4 is 0 Å². The van der Waals surface area contributed by atoms with E-state index in [0.29, 0.717) is 44.1 Å². The first kappa shape index (κ1) is 36.6. The number of carbonyl (C=O) groups excluding carboxylic acids is 3. The highest BCUT2D eigenvalue weighted by Crippen LogP contribution is 2.41. The number of halogens is 2. The van der Waals surface area contributed by atoms with Crippen LogP contribution in [0.3, 0.4) is 0 Å². The second-order valence-electron chi connectivity index (χ2n) is 16.6. The summed E-state index contributed by atoms with van der Waals surface area (Å²) in [5.41, 5.74) is -1.01. The van der Waals surface area contributed by atoms with Gasteiger partial charge >= 0.3 is 0 Å². The largest absolute Gasteiger partial charge is 0.395 e. The van der Waals surface area contributed by atoms with Gasteiger partial charge < -0.3 is 24.7 Å². The Kier molecular flexibility index (Phi) is 10.9. The minimum Gasteiger partial charge on any atom is -0.395 e. The van der Waals surface area contributed by atoms with E-state index in [9.17, 15) is 23.9 Å². The lowest BCUT2D eigenvalue weighted by Gasteiger charge is -2.43. The number of carbonyl (C=O) groups is 3. The van der Waals surface area contributed by atoms with Crippen LogP contribution in [-0.4, -0.2) is 130 Å². The molecule has 4 aliphatic rings. The summed E-state index contributed by atoms with van der Waals surface area (Å²) in [6.45, 7) is 15.2. The molecule has 3 heterocycles. The standard InChI is InChI=1S/C37H57F2N5O4/c1-24-8-11-26(12-9-24)44(35(48)37(5,6)23-45)27-19-32(34(47)41-16-14-40(7)15-17-41)43(20-27)33(46)30-22-42(36(2,3)4)21-29(30)28-13-10-25(38)18-31(28)39/h10,13,18,24,26-27,29-30,32,45H,8-9,11-12,14-17,19-23H2,1-7H3/t24?,26?,27-,29-,30+,32-/m0/s1. The Morgan fingerprint density at radius 3 is 2.12 bits per heavy atom. The van der Waals surface area contributed by atoms with Crippen molar-refractivity contribution < 1.29 is 28.3 Å². The molecule has 1 saturated carbocycles. The van der Waals surface area contributed by atoms with Crippen molar-refractivity contribution in [1.29, 1.82) is 0 Å². The van der Waals surface area contributed by atoms with E-state index in [-0.39, 0.29) is 42.5 Å². The van der Waals surface area contributed by atoms with Gasteiger partial charge in [0.25, 0.3) is 0 Å². The molecule has 0 radical (unpaired) electrons. The van der Waals surface area contributed by atoms with Gasteiger partial charge in [-0.1, -0.05) is 13.0 Å². The summed E-state index contributed by atoms with van der Waals surface area (Å²) in [6.07, 6.45) is 3.98. The number of hydrogen-bond donors (Lipinski definition) is 1. The fourth-order valence-electron chi connectivity index (χ4n) is 8.23. The molecular formula is C37H57F2N5O4. The van der Waals surface area contributed by atoms with Crippen molar-refractivity contribution >= 4 is 17.7 Å². The second-order valence-corrected chi connectivity index (χ2v) is 16.6. The molecule has 48 heavy (non-hydrogen) atoms. The van der Waals surface area contributed by atoms with Crippen LogP contribution in [0, 0.1) is 28.9 Å². The maximum Gasteiger partial charge on any atom is 0.245 e. The maximum absolute atomic E-state index is 15.3. The van der Waals surface area contributed by atoms with Gasteiger partial charge in [0.15, 0.2) is 0 Å². The highest BCUT2D eigenvalue weighted by atomic mass is 19.1. The molecule has 0 aromatic heterocycles. The van der Waals surface area contributed by atoms with Crippen LogP contribution in [0.25, 0.3) is 0 Å². The van der Waals surface area contributed by atoms with Crippen LogP contribution in [0.2, 0.25) is 0 Å². The van der Waals surface area contributed by atoms with E-state index in [1.807, 2.05) is 16.8 Å². The average molecular weight is 674 g/mol. The minimum atomic E-state index is -1.01. The highest BCUT2D eigenvalue weighted by Gasteiger charge is 2.52. The van der Waals surface area contributed by atoms with Crippen LogP contribution >= 0.6 is 0 Å². The Morgan fingerprint density at radius 2 is 1.54 bits per heavy atom. The van der Waals surface area contributed by atoms with Gasteiger partial charge in [-0.3, -0.25) is 19.3 Å². The van der Waals surface area contributed by atoms with Crippen molar-refractivity contribution in [2.75, 3.05) is 59.5 Å². The number of rotatable bonds is 7. The fourth-order valence-corrected chi connectivity index (χ4v) is 8.23. The Balaban J connectivity index is 1.52. The lowest BCUT2D eigenvalue weighted by Crippen LogP contribution is -2.55. The van der Waals surface area contributed by atoms with Crippen LogP contribution in [0.15, 0.2) is 18.2 Å². The molecule has 3 saturated heterocycles. The number of aliphatic hydroxyl groups excluding tert-OH is 1. The van der Waals surface area contributed by atoms with E-state index in [1.165, 1.54) is 12.1 Å². The van der Waals surface area contributed by atoms with E-state index in [2.05, 4.69) is 37.5 Å². The number of amides is 3. The lowest BCUT2D eigenvalue weighted by molar-refractivity contribution is -0.149. The van der Waals surface area contributed by atoms with Gasteiger partial charge in [-0.05, 0) is 91.3 Å². The molecule has 11 heteroatoms. The molecule has 1 N–H and O–H groups in total. The Labute approximate surface area is 285 Å². The first-order valence-electron chi connectivity index (χ1n) is 17.9. The third-order valence-corrected chi connectivity index (χ3v) is 11.6. The summed E-state index contributed by atoms with van der Waals surface area (Å²) >= 11 is 0. The van der Waals surface area contributed by atoms with E-state index >= 15 is 4.39 Å². The van der Waals surface area contributed by atoms with Crippen molar-refractivity contribution in [3.8, 4) is 0 Å². The van der Waals surface area contributed by atoms with E-state index in [4.69, 9.17) is 0 Å². The number of likely N-dealkylation sites (N-methyl/N-ethyl adjacent to an activating group) is 1. The molecule has 0 spiro atoms. The topological polar surface area (TPSA) is 87.6 Å². The van der Waals surface area contributed by atoms with E-state index in [1.54, 1.807) is 18.7 Å². The average Bonchev–Trinajstić information content (AvgIpc) is 3.68. The highest BCUT2D eigenvalue weighted by molar-refractivity contribution is 5.91. The predicted molar refractivity (Wildman–Crippen MR) is 181 cm³/mol. The third-order valence-electron chi connectivity index (χ3n) is 11.6. The van der Waals surface area contributed by atoms with Gasteiger partial charge in [0.1, 0.15) is 17.7 Å². The molecular weight excluding hydrogens is 616 g/mol. The smallest absolute Gasteiger partial charge is 0.245 e. The number of likely N-dealkylation sites (tertiary alicyclic amines) is 2. The van der Waals surface area contributed by atoms with Crippen molar-refractivity contribution in [3.63, 3.8) is 0 Å². The van der Waals surface area contributed by atoms with Crippen LogP contribution in [0.1, 0.15) is 85.1 Å². The summed E-state index contributed by atoms with van der Waals surface area (Å²) in [4.78, 5) is 53.3. The zero-order valence-corrected chi connectivity index (χ0v) is 30.1. The molecule has 0 bridgehead atoms. The summed E-state index contributed by atoms with van der Waals surface area (Å²) in [7, 11) is 2.02. The number of piperazine rings is 1. The van der Waals surface area contributed by atoms with Crippen molar-refractivity contribution in [1.82, 2.24) is 24.5 Å². The predicted octanol–water partition coefficient (Wildman–Crippen LogP) is 3.95. The minimum absolute atomic E-state index is 0.0390. The quantitative estimate of drug-likeness (QED) is 0.472. The number of aliphatic hydroxyl groups is 1. The Morgan fingerprint density at radius 1 is 0.896 bits per heavy atom. The summed E-state index contributed by atoms with van der Waals surface area (Å²) < 4.78 is 29.3. The number of hydrogen-bond acceptors (Lipinski definition) is 6. The van der Waals surface area contributed by atoms with Gasteiger partial charge in [0, 0.05) is 69.4 Å². The van der Waals surface area contributed by atoms with Crippen LogP contribution in [0.4, 0.5) is 8.78 Å². The van der Waals surface area contributed by atoms with E-state index in [0.717, 1.165) is 44.8 Å². The van der Waals surface area contributed by atoms with Crippen LogP contribution in [-0.2, 0) is 14.4 Å². The first-order valence-corrected chi connectivity index (χ1v) is 17.9. The van der Waals surface area contributed by atoms with Crippen LogP contribution in [0.5, 0.6) is 0 Å². The third kappa shape index (κ3) is 7.58. The number of nitrogens with zero attached hydrogens (tertiary/aromatic N) is 5. The molecule has 5 rings (SSSR count). The van der Waals surface area contributed by atoms with Crippen molar-refractivity contribution in [3.05, 3.63) is 35.4 Å². The number of benzene rings is 1. The molecule has 1 aromatic rings. The van der Waals surface area contributed by atoms with Gasteiger partial charge in [-0.25, -0.2) is 8.78 Å². The SMILES string of the molecule is CC1CCC(N(C(=O)C(C)(C)CO)[C@H]2C[C@@H](C(=O)N3CCN(C)CC3)N(C(=O)[C@@H]3CN(C(C)(C)C)C[C@H]3c3ccc(F)cc3F)C2)CC1. The zero-order valence-electron chi connectivity index (χ0n) is 30.1. The Bertz CT molecular complexity index is 1340. The zero-order chi connectivity index (χ0) is 35.1. The summed E-state index contributed by atoms with van der Waals surface area (Å²) in [5.74, 6) is -2.45. The fraction of sp³-hybridized carbons (Fsp3) is 0.757. The Hall–Kier alpha value is -2.63. The normalized spacial score (nSPS) is 29.4. The molecule has 1 aliphatic carbocycles. The first-order chi connectivity index (χ1) is 22.5. The van der Waals surface area contributed by atoms with Gasteiger partial charge in [0.2, 0.25) is 17.7 Å². The molecule has 4 fully saturated rings. The summed E-state index contributed by atoms with van der Waals surface area (Å²) in [5, 5.41) is 10.2. The second kappa shape index (κ2) is 14.3. The monoisotopic (exact) mass is 673 g/mol. The van der Waals surface area contributed by atoms with E-state index < -0.39 is 41.0 Å². The van der Waals surface area contributed by atoms with Gasteiger partial charge in [-0.15, -0.1) is 0 Å². The van der Waals surface area contributed by atoms with Gasteiger partial charge in [0.05, 0.1) is 24.0 Å². The van der Waals surface area contributed by atoms with Crippen molar-refractivity contribution in [2.24, 2.45) is 17.3 Å². The molecule has 1 aromatic carbocycles. The molecule has 3 aliphatic heterocycles. The maximum atomic E-state index is 15.3. The van der Waals surface area contributed by atoms with Crippen molar-refractivity contribution in [2.45, 2.75) is 103 Å². The molecule has 9 nitrogen and oxygen atoms in total. The summed E-state index contributed by atoms with van der Waals surface area (Å²) in [6, 6.07) is 2.37. The molecule has 4 atom stereocenters. The molecule has 0 unspecified atom stereocenters. The molecule has 3 amide bonds. The molecule has 268 valence electrons. The van der Waals surface area contributed by atoms with Gasteiger partial charge in [-0.2, -0.15) is 0 Å².